The molecule has 0 aliphatic rings. The molecule has 0 radical (unpaired) electrons. The van der Waals surface area contributed by atoms with Gasteiger partial charge in [0.25, 0.3) is 0 Å². The second-order valence-electron chi connectivity index (χ2n) is 5.43. The van der Waals surface area contributed by atoms with Gasteiger partial charge in [-0.1, -0.05) is 60.7 Å². The summed E-state index contributed by atoms with van der Waals surface area (Å²) in [4.78, 5) is 0. The van der Waals surface area contributed by atoms with Gasteiger partial charge in [-0.25, -0.2) is 0 Å². The van der Waals surface area contributed by atoms with E-state index in [0.29, 0.717) is 0 Å². The van der Waals surface area contributed by atoms with Crippen LogP contribution in [-0.2, 0) is 0 Å². The zero-order chi connectivity index (χ0) is 16.1. The minimum Gasteiger partial charge on any atom is -0.497 e. The van der Waals surface area contributed by atoms with Crippen LogP contribution < -0.4 is 15.3 Å². The first-order valence-corrected chi connectivity index (χ1v) is 9.76. The summed E-state index contributed by atoms with van der Waals surface area (Å²) >= 11 is 0. The smallest absolute Gasteiger partial charge is 0.119 e. The van der Waals surface area contributed by atoms with Gasteiger partial charge in [0.1, 0.15) is 5.75 Å². The molecule has 0 saturated carbocycles. The molecular formula is C20H20NOP. The molecule has 0 saturated heterocycles. The van der Waals surface area contributed by atoms with Gasteiger partial charge in [0.15, 0.2) is 0 Å². The fraction of sp³-hybridized carbons (Fsp3) is 0.100. The van der Waals surface area contributed by atoms with E-state index in [4.69, 9.17) is 9.48 Å². The van der Waals surface area contributed by atoms with Gasteiger partial charge in [0, 0.05) is 7.05 Å². The molecule has 3 heteroatoms. The second-order valence-corrected chi connectivity index (χ2v) is 8.58. The molecule has 0 spiro atoms. The lowest BCUT2D eigenvalue weighted by molar-refractivity contribution is 0.415. The highest BCUT2D eigenvalue weighted by Crippen LogP contribution is 2.46. The van der Waals surface area contributed by atoms with Crippen LogP contribution in [0.15, 0.2) is 89.7 Å². The van der Waals surface area contributed by atoms with Crippen molar-refractivity contribution in [1.29, 1.82) is 0 Å². The van der Waals surface area contributed by atoms with Crippen molar-refractivity contribution in [2.45, 2.75) is 0 Å². The first-order chi connectivity index (χ1) is 11.2. The molecule has 0 aliphatic heterocycles. The van der Waals surface area contributed by atoms with E-state index in [1.807, 2.05) is 36.4 Å². The molecule has 3 aromatic carbocycles. The number of hydrogen-bond donors (Lipinski definition) is 0. The highest BCUT2D eigenvalue weighted by molar-refractivity contribution is 7.80. The molecule has 0 aliphatic carbocycles. The maximum absolute atomic E-state index is 5.24. The van der Waals surface area contributed by atoms with Crippen molar-refractivity contribution in [3.63, 3.8) is 0 Å². The summed E-state index contributed by atoms with van der Waals surface area (Å²) in [7, 11) is -0.158. The van der Waals surface area contributed by atoms with E-state index in [1.165, 1.54) is 10.6 Å². The van der Waals surface area contributed by atoms with Crippen molar-refractivity contribution in [2.75, 3.05) is 13.8 Å². The van der Waals surface area contributed by atoms with Gasteiger partial charge in [-0.2, -0.15) is 0 Å². The average molecular weight is 321 g/mol. The van der Waals surface area contributed by atoms with Crippen molar-refractivity contribution < 1.29 is 4.74 Å². The van der Waals surface area contributed by atoms with Crippen LogP contribution in [0.4, 0.5) is 5.69 Å². The summed E-state index contributed by atoms with van der Waals surface area (Å²) in [5, 5.41) is 2.56. The molecule has 0 unspecified atom stereocenters. The third-order valence-corrected chi connectivity index (χ3v) is 7.14. The highest BCUT2D eigenvalue weighted by atomic mass is 31.2. The maximum atomic E-state index is 5.24. The number of hydrogen-bond acceptors (Lipinski definition) is 2. The fourth-order valence-electron chi connectivity index (χ4n) is 2.58. The molecule has 3 aromatic rings. The first-order valence-electron chi connectivity index (χ1n) is 7.57. The van der Waals surface area contributed by atoms with Crippen LogP contribution in [0.5, 0.6) is 5.75 Å². The minimum absolute atomic E-state index is 0.850. The molecule has 23 heavy (non-hydrogen) atoms. The first kappa shape index (κ1) is 15.6. The maximum Gasteiger partial charge on any atom is 0.119 e. The Morgan fingerprint density at radius 1 is 0.696 bits per heavy atom. The number of benzene rings is 3. The van der Waals surface area contributed by atoms with Crippen molar-refractivity contribution in [1.82, 2.24) is 0 Å². The van der Waals surface area contributed by atoms with Crippen LogP contribution in [0.25, 0.3) is 0 Å². The third-order valence-electron chi connectivity index (χ3n) is 3.91. The van der Waals surface area contributed by atoms with Gasteiger partial charge in [-0.15, -0.1) is 0 Å². The van der Waals surface area contributed by atoms with Gasteiger partial charge in [-0.05, 0) is 41.5 Å². The predicted octanol–water partition coefficient (Wildman–Crippen LogP) is 4.81. The quantitative estimate of drug-likeness (QED) is 0.632. The van der Waals surface area contributed by atoms with Gasteiger partial charge in [-0.3, -0.25) is 4.74 Å². The Morgan fingerprint density at radius 3 is 1.61 bits per heavy atom. The average Bonchev–Trinajstić information content (AvgIpc) is 2.64. The van der Waals surface area contributed by atoms with Gasteiger partial charge >= 0.3 is 0 Å². The number of ether oxygens (including phenoxy) is 1. The Hall–Kier alpha value is -2.31. The van der Waals surface area contributed by atoms with E-state index in [9.17, 15) is 0 Å². The van der Waals surface area contributed by atoms with Crippen LogP contribution in [0.2, 0.25) is 0 Å². The van der Waals surface area contributed by atoms with Gasteiger partial charge in [0.2, 0.25) is 0 Å². The van der Waals surface area contributed by atoms with Crippen molar-refractivity contribution >= 4 is 23.4 Å². The topological polar surface area (TPSA) is 21.6 Å². The van der Waals surface area contributed by atoms with Crippen LogP contribution >= 0.6 is 7.05 Å². The lowest BCUT2D eigenvalue weighted by Gasteiger charge is -2.21. The SMILES string of the molecule is COc1ccc(N=P(C)(c2ccccc2)c2ccccc2)cc1. The number of rotatable bonds is 4. The molecule has 0 fully saturated rings. The summed E-state index contributed by atoms with van der Waals surface area (Å²) < 4.78 is 10.4. The Kier molecular flexibility index (Phi) is 4.64. The summed E-state index contributed by atoms with van der Waals surface area (Å²) in [5.41, 5.74) is 0.981. The molecule has 0 heterocycles. The van der Waals surface area contributed by atoms with Crippen LogP contribution in [0, 0.1) is 0 Å². The van der Waals surface area contributed by atoms with Crippen LogP contribution in [-0.4, -0.2) is 13.8 Å². The summed E-state index contributed by atoms with van der Waals surface area (Å²) in [6.45, 7) is 2.27. The lowest BCUT2D eigenvalue weighted by atomic mass is 10.3. The lowest BCUT2D eigenvalue weighted by Crippen LogP contribution is -2.14. The van der Waals surface area contributed by atoms with Crippen molar-refractivity contribution in [3.05, 3.63) is 84.9 Å². The molecule has 3 rings (SSSR count). The Bertz CT molecular complexity index is 768. The van der Waals surface area contributed by atoms with E-state index in [-0.39, 0.29) is 0 Å². The van der Waals surface area contributed by atoms with Crippen LogP contribution in [0.3, 0.4) is 0 Å². The van der Waals surface area contributed by atoms with E-state index in [2.05, 4.69) is 55.2 Å². The summed E-state index contributed by atoms with van der Waals surface area (Å²) in [5.74, 6) is 0.850. The van der Waals surface area contributed by atoms with Crippen molar-refractivity contribution in [2.24, 2.45) is 4.74 Å². The number of nitrogens with zero attached hydrogens (tertiary/aromatic N) is 1. The molecule has 0 N–H and O–H groups in total. The van der Waals surface area contributed by atoms with Gasteiger partial charge in [0.05, 0.1) is 12.8 Å². The summed E-state index contributed by atoms with van der Waals surface area (Å²) in [6, 6.07) is 29.1. The zero-order valence-electron chi connectivity index (χ0n) is 13.4. The second kappa shape index (κ2) is 6.85. The third kappa shape index (κ3) is 3.38. The molecule has 116 valence electrons. The van der Waals surface area contributed by atoms with Gasteiger partial charge < -0.3 is 4.74 Å². The molecule has 0 aromatic heterocycles. The highest BCUT2D eigenvalue weighted by Gasteiger charge is 2.18. The summed E-state index contributed by atoms with van der Waals surface area (Å²) in [6.07, 6.45) is 0. The zero-order valence-corrected chi connectivity index (χ0v) is 14.3. The standard InChI is InChI=1S/C20H20NOP/c1-22-18-15-13-17(14-16-18)21-23(2,19-9-5-3-6-10-19)20-11-7-4-8-12-20/h3-16H,1-2H3. The Morgan fingerprint density at radius 2 is 1.17 bits per heavy atom. The van der Waals surface area contributed by atoms with Crippen molar-refractivity contribution in [3.8, 4) is 5.75 Å². The molecule has 0 amide bonds. The normalized spacial score (nSPS) is 11.0. The molecule has 0 atom stereocenters. The fourth-order valence-corrected chi connectivity index (χ4v) is 5.21. The molecule has 2 nitrogen and oxygen atoms in total. The predicted molar refractivity (Wildman–Crippen MR) is 100 cm³/mol. The largest absolute Gasteiger partial charge is 0.497 e. The molecular weight excluding hydrogens is 301 g/mol. The van der Waals surface area contributed by atoms with E-state index < -0.39 is 7.05 Å². The van der Waals surface area contributed by atoms with E-state index in [1.54, 1.807) is 7.11 Å². The van der Waals surface area contributed by atoms with E-state index in [0.717, 1.165) is 11.4 Å². The van der Waals surface area contributed by atoms with Crippen LogP contribution in [0.1, 0.15) is 0 Å². The number of methoxy groups -OCH3 is 1. The molecule has 0 bridgehead atoms. The minimum atomic E-state index is -1.84. The van der Waals surface area contributed by atoms with E-state index >= 15 is 0 Å². The Balaban J connectivity index is 2.17. The monoisotopic (exact) mass is 321 g/mol. The Labute approximate surface area is 137 Å².